The second-order valence-corrected chi connectivity index (χ2v) is 6.95. The van der Waals surface area contributed by atoms with Crippen LogP contribution in [0.25, 0.3) is 0 Å². The number of amides is 1. The van der Waals surface area contributed by atoms with Crippen LogP contribution in [0.15, 0.2) is 11.6 Å². The summed E-state index contributed by atoms with van der Waals surface area (Å²) in [6.07, 6.45) is 2.52. The lowest BCUT2D eigenvalue weighted by Crippen LogP contribution is -2.49. The van der Waals surface area contributed by atoms with Crippen molar-refractivity contribution in [3.8, 4) is 0 Å². The van der Waals surface area contributed by atoms with Crippen LogP contribution in [-0.4, -0.2) is 91.5 Å². The Morgan fingerprint density at radius 1 is 1.14 bits per heavy atom. The number of rotatable bonds is 4. The number of carbonyl (C=O) groups is 1. The predicted octanol–water partition coefficient (Wildman–Crippen LogP) is 0.429. The second-order valence-electron chi connectivity index (χ2n) is 6.08. The number of aromatic nitrogens is 1. The molecule has 0 radical (unpaired) electrons. The number of hydrogen-bond donors (Lipinski definition) is 0. The lowest BCUT2D eigenvalue weighted by molar-refractivity contribution is -0.133. The number of nitrogens with zero attached hydrogens (tertiary/aromatic N) is 5. The van der Waals surface area contributed by atoms with E-state index in [9.17, 15) is 4.79 Å². The molecule has 0 unspecified atom stereocenters. The highest BCUT2D eigenvalue weighted by Crippen LogP contribution is 2.18. The summed E-state index contributed by atoms with van der Waals surface area (Å²) < 4.78 is 0. The average Bonchev–Trinajstić information content (AvgIpc) is 3.08. The van der Waals surface area contributed by atoms with Crippen molar-refractivity contribution in [1.82, 2.24) is 19.7 Å². The van der Waals surface area contributed by atoms with E-state index in [-0.39, 0.29) is 0 Å². The smallest absolute Gasteiger partial charge is 0.223 e. The van der Waals surface area contributed by atoms with Crippen molar-refractivity contribution in [1.29, 1.82) is 0 Å². The minimum Gasteiger partial charge on any atom is -0.346 e. The standard InChI is InChI=1S/C15H25N5OS/c1-17-5-9-19(10-6-17)14(21)2-4-18-7-11-20(12-8-18)15-16-3-13-22-15/h3,13H,2,4-12H2,1H3. The zero-order valence-corrected chi connectivity index (χ0v) is 14.1. The van der Waals surface area contributed by atoms with E-state index in [1.807, 2.05) is 16.5 Å². The molecule has 2 saturated heterocycles. The Kier molecular flexibility index (Phi) is 5.28. The molecule has 6 nitrogen and oxygen atoms in total. The SMILES string of the molecule is CN1CCN(C(=O)CCN2CCN(c3nccs3)CC2)CC1. The Bertz CT molecular complexity index is 464. The molecule has 122 valence electrons. The topological polar surface area (TPSA) is 42.9 Å². The first-order chi connectivity index (χ1) is 10.7. The van der Waals surface area contributed by atoms with Crippen LogP contribution in [0, 0.1) is 0 Å². The number of hydrogen-bond acceptors (Lipinski definition) is 6. The monoisotopic (exact) mass is 323 g/mol. The maximum absolute atomic E-state index is 12.3. The summed E-state index contributed by atoms with van der Waals surface area (Å²) in [7, 11) is 2.11. The van der Waals surface area contributed by atoms with Crippen LogP contribution in [0.5, 0.6) is 0 Å². The fraction of sp³-hybridized carbons (Fsp3) is 0.733. The average molecular weight is 323 g/mol. The second kappa shape index (κ2) is 7.39. The molecule has 3 heterocycles. The summed E-state index contributed by atoms with van der Waals surface area (Å²) in [4.78, 5) is 25.7. The summed E-state index contributed by atoms with van der Waals surface area (Å²) >= 11 is 1.70. The van der Waals surface area contributed by atoms with E-state index in [0.717, 1.165) is 64.0 Å². The Morgan fingerprint density at radius 3 is 2.50 bits per heavy atom. The minimum absolute atomic E-state index is 0.315. The third-order valence-electron chi connectivity index (χ3n) is 4.56. The molecule has 22 heavy (non-hydrogen) atoms. The summed E-state index contributed by atoms with van der Waals surface area (Å²) in [5.41, 5.74) is 0. The first-order valence-corrected chi connectivity index (χ1v) is 8.93. The molecule has 0 spiro atoms. The Hall–Kier alpha value is -1.18. The highest BCUT2D eigenvalue weighted by atomic mass is 32.1. The van der Waals surface area contributed by atoms with Crippen LogP contribution in [0.4, 0.5) is 5.13 Å². The lowest BCUT2D eigenvalue weighted by Gasteiger charge is -2.35. The fourth-order valence-electron chi connectivity index (χ4n) is 3.00. The third kappa shape index (κ3) is 3.97. The molecule has 2 fully saturated rings. The maximum atomic E-state index is 12.3. The molecular weight excluding hydrogens is 298 g/mol. The number of anilines is 1. The van der Waals surface area contributed by atoms with Crippen LogP contribution >= 0.6 is 11.3 Å². The molecule has 3 rings (SSSR count). The fourth-order valence-corrected chi connectivity index (χ4v) is 3.70. The van der Waals surface area contributed by atoms with Gasteiger partial charge in [0.25, 0.3) is 0 Å². The third-order valence-corrected chi connectivity index (χ3v) is 5.39. The van der Waals surface area contributed by atoms with Crippen molar-refractivity contribution < 1.29 is 4.79 Å². The van der Waals surface area contributed by atoms with Crippen LogP contribution in [-0.2, 0) is 4.79 Å². The number of thiazole rings is 1. The number of piperazine rings is 2. The maximum Gasteiger partial charge on any atom is 0.223 e. The van der Waals surface area contributed by atoms with Crippen molar-refractivity contribution in [3.05, 3.63) is 11.6 Å². The predicted molar refractivity (Wildman–Crippen MR) is 89.5 cm³/mol. The van der Waals surface area contributed by atoms with Gasteiger partial charge >= 0.3 is 0 Å². The van der Waals surface area contributed by atoms with Crippen molar-refractivity contribution in [3.63, 3.8) is 0 Å². The zero-order chi connectivity index (χ0) is 15.4. The summed E-state index contributed by atoms with van der Waals surface area (Å²) in [6.45, 7) is 8.71. The minimum atomic E-state index is 0.315. The van der Waals surface area contributed by atoms with E-state index in [4.69, 9.17) is 0 Å². The Labute approximate surface area is 136 Å². The molecule has 7 heteroatoms. The highest BCUT2D eigenvalue weighted by molar-refractivity contribution is 7.13. The molecule has 2 aliphatic heterocycles. The first-order valence-electron chi connectivity index (χ1n) is 8.05. The zero-order valence-electron chi connectivity index (χ0n) is 13.3. The Balaban J connectivity index is 1.37. The van der Waals surface area contributed by atoms with Gasteiger partial charge in [-0.15, -0.1) is 11.3 Å². The van der Waals surface area contributed by atoms with Crippen LogP contribution in [0.2, 0.25) is 0 Å². The largest absolute Gasteiger partial charge is 0.346 e. The van der Waals surface area contributed by atoms with Gasteiger partial charge in [0.1, 0.15) is 0 Å². The van der Waals surface area contributed by atoms with Gasteiger partial charge in [-0.05, 0) is 7.05 Å². The van der Waals surface area contributed by atoms with Gasteiger partial charge in [0.05, 0.1) is 0 Å². The van der Waals surface area contributed by atoms with Crippen molar-refractivity contribution >= 4 is 22.4 Å². The molecule has 0 N–H and O–H groups in total. The molecular formula is C15H25N5OS. The summed E-state index contributed by atoms with van der Waals surface area (Å²) in [5, 5.41) is 3.14. The van der Waals surface area contributed by atoms with Gasteiger partial charge in [0, 0.05) is 76.9 Å². The van der Waals surface area contributed by atoms with E-state index >= 15 is 0 Å². The molecule has 0 saturated carbocycles. The summed E-state index contributed by atoms with van der Waals surface area (Å²) in [6, 6.07) is 0. The van der Waals surface area contributed by atoms with E-state index in [0.29, 0.717) is 12.3 Å². The van der Waals surface area contributed by atoms with Gasteiger partial charge in [-0.3, -0.25) is 9.69 Å². The van der Waals surface area contributed by atoms with Crippen molar-refractivity contribution in [2.75, 3.05) is 70.9 Å². The first kappa shape index (κ1) is 15.7. The number of likely N-dealkylation sites (N-methyl/N-ethyl adjacent to an activating group) is 1. The molecule has 2 aliphatic rings. The van der Waals surface area contributed by atoms with E-state index < -0.39 is 0 Å². The van der Waals surface area contributed by atoms with Crippen LogP contribution < -0.4 is 4.90 Å². The highest BCUT2D eigenvalue weighted by Gasteiger charge is 2.22. The molecule has 0 bridgehead atoms. The van der Waals surface area contributed by atoms with Gasteiger partial charge in [0.15, 0.2) is 5.13 Å². The van der Waals surface area contributed by atoms with E-state index in [1.165, 1.54) is 0 Å². The normalized spacial score (nSPS) is 21.3. The van der Waals surface area contributed by atoms with Gasteiger partial charge in [-0.25, -0.2) is 4.98 Å². The van der Waals surface area contributed by atoms with Crippen LogP contribution in [0.3, 0.4) is 0 Å². The quantitative estimate of drug-likeness (QED) is 0.804. The van der Waals surface area contributed by atoms with Crippen molar-refractivity contribution in [2.45, 2.75) is 6.42 Å². The van der Waals surface area contributed by atoms with Gasteiger partial charge in [0.2, 0.25) is 5.91 Å². The number of carbonyl (C=O) groups excluding carboxylic acids is 1. The van der Waals surface area contributed by atoms with Crippen molar-refractivity contribution in [2.24, 2.45) is 0 Å². The van der Waals surface area contributed by atoms with Gasteiger partial charge in [-0.1, -0.05) is 0 Å². The molecule has 0 atom stereocenters. The summed E-state index contributed by atoms with van der Waals surface area (Å²) in [5.74, 6) is 0.315. The molecule has 0 aliphatic carbocycles. The van der Waals surface area contributed by atoms with Gasteiger partial charge in [-0.2, -0.15) is 0 Å². The molecule has 1 amide bonds. The molecule has 1 aromatic heterocycles. The van der Waals surface area contributed by atoms with E-state index in [1.54, 1.807) is 11.3 Å². The Morgan fingerprint density at radius 2 is 1.86 bits per heavy atom. The van der Waals surface area contributed by atoms with E-state index in [2.05, 4.69) is 26.7 Å². The molecule has 0 aromatic carbocycles. The van der Waals surface area contributed by atoms with Crippen LogP contribution in [0.1, 0.15) is 6.42 Å². The lowest BCUT2D eigenvalue weighted by atomic mass is 10.2. The van der Waals surface area contributed by atoms with Gasteiger partial charge < -0.3 is 14.7 Å². The molecule has 1 aromatic rings.